The topological polar surface area (TPSA) is 85.8 Å². The predicted molar refractivity (Wildman–Crippen MR) is 82.2 cm³/mol. The molecule has 1 amide bonds. The van der Waals surface area contributed by atoms with Crippen molar-refractivity contribution < 1.29 is 4.79 Å². The summed E-state index contributed by atoms with van der Waals surface area (Å²) in [6.07, 6.45) is 6.04. The third-order valence-corrected chi connectivity index (χ3v) is 3.66. The van der Waals surface area contributed by atoms with Gasteiger partial charge in [0.15, 0.2) is 5.82 Å². The molecular formula is C15H21N5O. The summed E-state index contributed by atoms with van der Waals surface area (Å²) < 4.78 is 1.82. The molecule has 0 bridgehead atoms. The number of rotatable bonds is 5. The van der Waals surface area contributed by atoms with E-state index in [2.05, 4.69) is 15.3 Å². The number of amides is 1. The van der Waals surface area contributed by atoms with Crippen molar-refractivity contribution in [3.8, 4) is 5.82 Å². The van der Waals surface area contributed by atoms with Crippen LogP contribution in [-0.4, -0.2) is 26.5 Å². The Hall–Kier alpha value is -2.21. The van der Waals surface area contributed by atoms with E-state index < -0.39 is 6.04 Å². The quantitative estimate of drug-likeness (QED) is 0.879. The van der Waals surface area contributed by atoms with Gasteiger partial charge in [0.25, 0.3) is 0 Å². The van der Waals surface area contributed by atoms with Crippen molar-refractivity contribution in [2.24, 2.45) is 11.7 Å². The number of aryl methyl sites for hydroxylation is 1. The van der Waals surface area contributed by atoms with Gasteiger partial charge in [-0.2, -0.15) is 0 Å². The van der Waals surface area contributed by atoms with Crippen LogP contribution in [0.1, 0.15) is 26.1 Å². The first-order valence-electron chi connectivity index (χ1n) is 7.06. The fourth-order valence-corrected chi connectivity index (χ4v) is 2.02. The fourth-order valence-electron chi connectivity index (χ4n) is 2.02. The number of pyridine rings is 1. The number of imidazole rings is 1. The van der Waals surface area contributed by atoms with Crippen molar-refractivity contribution in [2.75, 3.05) is 5.32 Å². The van der Waals surface area contributed by atoms with Gasteiger partial charge in [-0.15, -0.1) is 0 Å². The molecular weight excluding hydrogens is 266 g/mol. The van der Waals surface area contributed by atoms with Gasteiger partial charge in [0.2, 0.25) is 5.91 Å². The van der Waals surface area contributed by atoms with Gasteiger partial charge in [0, 0.05) is 18.6 Å². The Morgan fingerprint density at radius 1 is 1.43 bits per heavy atom. The lowest BCUT2D eigenvalue weighted by molar-refractivity contribution is -0.118. The van der Waals surface area contributed by atoms with E-state index in [0.29, 0.717) is 11.5 Å². The summed E-state index contributed by atoms with van der Waals surface area (Å²) in [6.45, 7) is 5.86. The van der Waals surface area contributed by atoms with Gasteiger partial charge >= 0.3 is 0 Å². The zero-order chi connectivity index (χ0) is 15.4. The number of carbonyl (C=O) groups excluding carboxylic acids is 1. The molecule has 0 saturated heterocycles. The highest BCUT2D eigenvalue weighted by Gasteiger charge is 2.21. The van der Waals surface area contributed by atoms with Crippen molar-refractivity contribution >= 4 is 11.6 Å². The van der Waals surface area contributed by atoms with E-state index in [9.17, 15) is 4.79 Å². The molecule has 2 rings (SSSR count). The van der Waals surface area contributed by atoms with Gasteiger partial charge in [0.05, 0.1) is 11.7 Å². The summed E-state index contributed by atoms with van der Waals surface area (Å²) in [4.78, 5) is 20.7. The maximum absolute atomic E-state index is 12.2. The van der Waals surface area contributed by atoms with E-state index in [-0.39, 0.29) is 11.8 Å². The zero-order valence-electron chi connectivity index (χ0n) is 12.6. The smallest absolute Gasteiger partial charge is 0.241 e. The van der Waals surface area contributed by atoms with Crippen molar-refractivity contribution in [2.45, 2.75) is 33.2 Å². The van der Waals surface area contributed by atoms with Crippen LogP contribution in [0.2, 0.25) is 0 Å². The molecule has 0 aromatic carbocycles. The predicted octanol–water partition coefficient (Wildman–Crippen LogP) is 1.89. The molecule has 1 unspecified atom stereocenters. The molecule has 0 radical (unpaired) electrons. The van der Waals surface area contributed by atoms with Gasteiger partial charge in [-0.1, -0.05) is 20.3 Å². The molecule has 0 saturated carbocycles. The largest absolute Gasteiger partial charge is 0.322 e. The second-order valence-corrected chi connectivity index (χ2v) is 5.12. The van der Waals surface area contributed by atoms with Crippen molar-refractivity contribution in [1.29, 1.82) is 0 Å². The maximum Gasteiger partial charge on any atom is 0.241 e. The molecule has 2 atom stereocenters. The molecule has 6 heteroatoms. The Balaban J connectivity index is 2.26. The first-order chi connectivity index (χ1) is 10.0. The lowest BCUT2D eigenvalue weighted by atomic mass is 9.99. The monoisotopic (exact) mass is 287 g/mol. The van der Waals surface area contributed by atoms with Crippen LogP contribution in [0, 0.1) is 12.8 Å². The maximum atomic E-state index is 12.2. The molecule has 0 aliphatic heterocycles. The number of carbonyl (C=O) groups is 1. The van der Waals surface area contributed by atoms with Crippen molar-refractivity contribution in [1.82, 2.24) is 14.5 Å². The van der Waals surface area contributed by atoms with E-state index >= 15 is 0 Å². The number of hydrogen-bond acceptors (Lipinski definition) is 4. The Morgan fingerprint density at radius 3 is 2.81 bits per heavy atom. The zero-order valence-corrected chi connectivity index (χ0v) is 12.6. The molecule has 2 aromatic heterocycles. The van der Waals surface area contributed by atoms with Crippen LogP contribution in [0.3, 0.4) is 0 Å². The van der Waals surface area contributed by atoms with Crippen LogP contribution in [-0.2, 0) is 4.79 Å². The summed E-state index contributed by atoms with van der Waals surface area (Å²) in [7, 11) is 0. The highest BCUT2D eigenvalue weighted by atomic mass is 16.2. The summed E-state index contributed by atoms with van der Waals surface area (Å²) >= 11 is 0. The molecule has 0 spiro atoms. The van der Waals surface area contributed by atoms with E-state index in [1.807, 2.05) is 37.6 Å². The fraction of sp³-hybridized carbons (Fsp3) is 0.400. The Morgan fingerprint density at radius 2 is 2.19 bits per heavy atom. The highest BCUT2D eigenvalue weighted by molar-refractivity contribution is 5.96. The molecule has 0 aliphatic rings. The molecule has 2 aromatic rings. The van der Waals surface area contributed by atoms with Gasteiger partial charge < -0.3 is 11.1 Å². The minimum Gasteiger partial charge on any atom is -0.322 e. The van der Waals surface area contributed by atoms with Crippen LogP contribution in [0.4, 0.5) is 5.69 Å². The molecule has 2 heterocycles. The van der Waals surface area contributed by atoms with Crippen LogP contribution < -0.4 is 11.1 Å². The van der Waals surface area contributed by atoms with Gasteiger partial charge in [-0.05, 0) is 25.0 Å². The van der Waals surface area contributed by atoms with Crippen LogP contribution >= 0.6 is 0 Å². The summed E-state index contributed by atoms with van der Waals surface area (Å²) in [6, 6.07) is 3.05. The van der Waals surface area contributed by atoms with E-state index in [1.54, 1.807) is 18.5 Å². The van der Waals surface area contributed by atoms with Gasteiger partial charge in [0.1, 0.15) is 5.82 Å². The first-order valence-corrected chi connectivity index (χ1v) is 7.06. The number of nitrogens with two attached hydrogens (primary N) is 1. The van der Waals surface area contributed by atoms with Crippen LogP contribution in [0.25, 0.3) is 5.82 Å². The lowest BCUT2D eigenvalue weighted by Crippen LogP contribution is -2.40. The molecule has 0 aliphatic carbocycles. The molecule has 21 heavy (non-hydrogen) atoms. The van der Waals surface area contributed by atoms with E-state index in [4.69, 9.17) is 5.73 Å². The Bertz CT molecular complexity index is 622. The standard InChI is InChI=1S/C15H21N5O/c1-4-10(2)13(16)15(21)19-12-6-5-7-18-14(12)20-9-8-17-11(20)3/h5-10,13H,4,16H2,1-3H3,(H,19,21)/t10?,13-/m0/s1. The molecule has 112 valence electrons. The van der Waals surface area contributed by atoms with Crippen molar-refractivity contribution in [3.63, 3.8) is 0 Å². The second kappa shape index (κ2) is 6.49. The third kappa shape index (κ3) is 3.28. The van der Waals surface area contributed by atoms with E-state index in [0.717, 1.165) is 12.2 Å². The number of anilines is 1. The Kier molecular flexibility index (Phi) is 4.70. The van der Waals surface area contributed by atoms with Gasteiger partial charge in [-0.3, -0.25) is 9.36 Å². The molecule has 0 fully saturated rings. The Labute approximate surface area is 124 Å². The number of nitrogens with one attached hydrogen (secondary N) is 1. The summed E-state index contributed by atoms with van der Waals surface area (Å²) in [5.74, 6) is 1.36. The van der Waals surface area contributed by atoms with Crippen LogP contribution in [0.15, 0.2) is 30.7 Å². The number of aromatic nitrogens is 3. The SMILES string of the molecule is CCC(C)[C@H](N)C(=O)Nc1cccnc1-n1ccnc1C. The summed E-state index contributed by atoms with van der Waals surface area (Å²) in [5, 5.41) is 2.87. The number of hydrogen-bond donors (Lipinski definition) is 2. The third-order valence-electron chi connectivity index (χ3n) is 3.66. The minimum atomic E-state index is -0.535. The first kappa shape index (κ1) is 15.2. The van der Waals surface area contributed by atoms with E-state index in [1.165, 1.54) is 0 Å². The van der Waals surface area contributed by atoms with Crippen LogP contribution in [0.5, 0.6) is 0 Å². The number of nitrogens with zero attached hydrogens (tertiary/aromatic N) is 3. The molecule has 3 N–H and O–H groups in total. The lowest BCUT2D eigenvalue weighted by Gasteiger charge is -2.19. The summed E-state index contributed by atoms with van der Waals surface area (Å²) in [5.41, 5.74) is 6.59. The normalized spacial score (nSPS) is 13.7. The minimum absolute atomic E-state index is 0.125. The van der Waals surface area contributed by atoms with Crippen molar-refractivity contribution in [3.05, 3.63) is 36.5 Å². The average molecular weight is 287 g/mol. The average Bonchev–Trinajstić information content (AvgIpc) is 2.92. The second-order valence-electron chi connectivity index (χ2n) is 5.12. The highest BCUT2D eigenvalue weighted by Crippen LogP contribution is 2.19. The van der Waals surface area contributed by atoms with Gasteiger partial charge in [-0.25, -0.2) is 9.97 Å². The molecule has 6 nitrogen and oxygen atoms in total.